The predicted octanol–water partition coefficient (Wildman–Crippen LogP) is 1.33. The fraction of sp³-hybridized carbons (Fsp3) is 0.500. The maximum atomic E-state index is 12.5. The molecular weight excluding hydrogens is 338 g/mol. The van der Waals surface area contributed by atoms with E-state index >= 15 is 0 Å². The monoisotopic (exact) mass is 361 g/mol. The van der Waals surface area contributed by atoms with Crippen LogP contribution >= 0.6 is 0 Å². The molecule has 3 rings (SSSR count). The number of hydrogen-bond acceptors (Lipinski definition) is 5. The van der Waals surface area contributed by atoms with Gasteiger partial charge in [0.05, 0.1) is 18.4 Å². The first-order valence-corrected chi connectivity index (χ1v) is 8.74. The van der Waals surface area contributed by atoms with Crippen molar-refractivity contribution in [3.63, 3.8) is 0 Å². The van der Waals surface area contributed by atoms with Gasteiger partial charge in [-0.3, -0.25) is 4.79 Å². The molecule has 26 heavy (non-hydrogen) atoms. The number of benzene rings is 1. The van der Waals surface area contributed by atoms with Crippen molar-refractivity contribution in [2.24, 2.45) is 0 Å². The summed E-state index contributed by atoms with van der Waals surface area (Å²) in [6.07, 6.45) is 1.35. The van der Waals surface area contributed by atoms with Crippen molar-refractivity contribution in [1.82, 2.24) is 9.80 Å². The molecule has 1 N–H and O–H groups in total. The summed E-state index contributed by atoms with van der Waals surface area (Å²) in [6, 6.07) is 6.39. The Bertz CT molecular complexity index is 679. The topological polar surface area (TPSA) is 88.2 Å². The largest absolute Gasteiger partial charge is 0.465 e. The number of nitrogens with zero attached hydrogens (tertiary/aromatic N) is 2. The number of carbonyl (C=O) groups is 3. The zero-order chi connectivity index (χ0) is 18.5. The molecule has 0 aliphatic carbocycles. The van der Waals surface area contributed by atoms with Crippen molar-refractivity contribution in [2.75, 3.05) is 45.2 Å². The number of rotatable bonds is 3. The van der Waals surface area contributed by atoms with Crippen molar-refractivity contribution in [3.05, 3.63) is 29.8 Å². The average molecular weight is 361 g/mol. The van der Waals surface area contributed by atoms with Crippen LogP contribution in [0.2, 0.25) is 0 Å². The highest BCUT2D eigenvalue weighted by Crippen LogP contribution is 2.18. The molecule has 0 aromatic heterocycles. The van der Waals surface area contributed by atoms with Crippen molar-refractivity contribution < 1.29 is 23.9 Å². The fourth-order valence-corrected chi connectivity index (χ4v) is 3.18. The predicted molar refractivity (Wildman–Crippen MR) is 93.9 cm³/mol. The number of esters is 1. The number of carbonyl (C=O) groups excluding carboxylic acids is 3. The Kier molecular flexibility index (Phi) is 5.72. The smallest absolute Gasteiger partial charge is 0.339 e. The number of methoxy groups -OCH3 is 1. The number of nitrogens with one attached hydrogen (secondary N) is 1. The second-order valence-electron chi connectivity index (χ2n) is 6.28. The molecule has 1 atom stereocenters. The molecule has 2 aliphatic rings. The summed E-state index contributed by atoms with van der Waals surface area (Å²) in [6.45, 7) is 2.46. The standard InChI is InChI=1S/C18H23N3O5/c1-25-17(23)13-5-2-3-6-14(13)19-18(24)21-10-8-20(9-11-21)16(22)15-7-4-12-26-15/h2-3,5-6,15H,4,7-12H2,1H3,(H,19,24). The van der Waals surface area contributed by atoms with Crippen molar-refractivity contribution >= 4 is 23.6 Å². The van der Waals surface area contributed by atoms with E-state index in [2.05, 4.69) is 5.32 Å². The van der Waals surface area contributed by atoms with Crippen molar-refractivity contribution in [3.8, 4) is 0 Å². The van der Waals surface area contributed by atoms with Gasteiger partial charge in [0.2, 0.25) is 0 Å². The van der Waals surface area contributed by atoms with E-state index in [1.807, 2.05) is 0 Å². The Balaban J connectivity index is 1.56. The molecule has 0 saturated carbocycles. The van der Waals surface area contributed by atoms with Gasteiger partial charge in [-0.1, -0.05) is 12.1 Å². The van der Waals surface area contributed by atoms with Gasteiger partial charge < -0.3 is 24.6 Å². The third-order valence-corrected chi connectivity index (χ3v) is 4.66. The van der Waals surface area contributed by atoms with Gasteiger partial charge in [-0.2, -0.15) is 0 Å². The molecule has 1 aromatic rings. The molecule has 0 spiro atoms. The lowest BCUT2D eigenvalue weighted by Crippen LogP contribution is -2.53. The van der Waals surface area contributed by atoms with Gasteiger partial charge in [-0.25, -0.2) is 9.59 Å². The molecule has 0 radical (unpaired) electrons. The van der Waals surface area contributed by atoms with Crippen LogP contribution in [-0.4, -0.2) is 73.7 Å². The van der Waals surface area contributed by atoms with Crippen molar-refractivity contribution in [2.45, 2.75) is 18.9 Å². The first-order valence-electron chi connectivity index (χ1n) is 8.74. The van der Waals surface area contributed by atoms with Gasteiger partial charge >= 0.3 is 12.0 Å². The quantitative estimate of drug-likeness (QED) is 0.821. The summed E-state index contributed by atoms with van der Waals surface area (Å²) < 4.78 is 10.2. The molecule has 1 unspecified atom stereocenters. The minimum absolute atomic E-state index is 0.0126. The summed E-state index contributed by atoms with van der Waals surface area (Å²) in [4.78, 5) is 40.0. The van der Waals surface area contributed by atoms with E-state index in [0.29, 0.717) is 44.0 Å². The summed E-state index contributed by atoms with van der Waals surface area (Å²) in [5.41, 5.74) is 0.706. The number of amides is 3. The molecule has 2 saturated heterocycles. The van der Waals surface area contributed by atoms with Gasteiger partial charge in [0.15, 0.2) is 0 Å². The van der Waals surface area contributed by atoms with E-state index in [0.717, 1.165) is 12.8 Å². The van der Waals surface area contributed by atoms with E-state index in [-0.39, 0.29) is 18.0 Å². The average Bonchev–Trinajstić information content (AvgIpc) is 3.22. The Labute approximate surface area is 152 Å². The maximum Gasteiger partial charge on any atom is 0.339 e. The second kappa shape index (κ2) is 8.18. The third-order valence-electron chi connectivity index (χ3n) is 4.66. The van der Waals surface area contributed by atoms with Crippen LogP contribution in [0, 0.1) is 0 Å². The Morgan fingerprint density at radius 2 is 1.81 bits per heavy atom. The number of ether oxygens (including phenoxy) is 2. The molecule has 1 aromatic carbocycles. The van der Waals surface area contributed by atoms with Crippen LogP contribution in [0.3, 0.4) is 0 Å². The zero-order valence-corrected chi connectivity index (χ0v) is 14.8. The highest BCUT2D eigenvalue weighted by Gasteiger charge is 2.31. The van der Waals surface area contributed by atoms with Crippen LogP contribution in [0.4, 0.5) is 10.5 Å². The van der Waals surface area contributed by atoms with E-state index in [1.54, 1.807) is 34.1 Å². The van der Waals surface area contributed by atoms with Gasteiger partial charge in [0.1, 0.15) is 6.10 Å². The lowest BCUT2D eigenvalue weighted by atomic mass is 10.2. The van der Waals surface area contributed by atoms with Gasteiger partial charge in [-0.05, 0) is 25.0 Å². The Hall–Kier alpha value is -2.61. The van der Waals surface area contributed by atoms with Gasteiger partial charge in [0.25, 0.3) is 5.91 Å². The van der Waals surface area contributed by atoms with Crippen molar-refractivity contribution in [1.29, 1.82) is 0 Å². The molecule has 8 nitrogen and oxygen atoms in total. The molecule has 8 heteroatoms. The van der Waals surface area contributed by atoms with E-state index in [9.17, 15) is 14.4 Å². The minimum Gasteiger partial charge on any atom is -0.465 e. The second-order valence-corrected chi connectivity index (χ2v) is 6.28. The third kappa shape index (κ3) is 3.96. The van der Waals surface area contributed by atoms with E-state index < -0.39 is 5.97 Å². The highest BCUT2D eigenvalue weighted by molar-refractivity contribution is 6.00. The molecule has 2 fully saturated rings. The highest BCUT2D eigenvalue weighted by atomic mass is 16.5. The number of piperazine rings is 1. The maximum absolute atomic E-state index is 12.5. The summed E-state index contributed by atoms with van der Waals surface area (Å²) in [5.74, 6) is -0.494. The van der Waals surface area contributed by atoms with Crippen LogP contribution < -0.4 is 5.32 Å². The Morgan fingerprint density at radius 3 is 2.46 bits per heavy atom. The van der Waals surface area contributed by atoms with Crippen LogP contribution in [0.25, 0.3) is 0 Å². The normalized spacial score (nSPS) is 20.0. The van der Waals surface area contributed by atoms with Crippen LogP contribution in [0.15, 0.2) is 24.3 Å². The van der Waals surface area contributed by atoms with Crippen LogP contribution in [0.1, 0.15) is 23.2 Å². The molecule has 3 amide bonds. The number of hydrogen-bond donors (Lipinski definition) is 1. The summed E-state index contributed by atoms with van der Waals surface area (Å²) in [5, 5.41) is 2.75. The van der Waals surface area contributed by atoms with Gasteiger partial charge in [0, 0.05) is 32.8 Å². The summed E-state index contributed by atoms with van der Waals surface area (Å²) in [7, 11) is 1.30. The van der Waals surface area contributed by atoms with Crippen LogP contribution in [-0.2, 0) is 14.3 Å². The molecule has 2 aliphatic heterocycles. The van der Waals surface area contributed by atoms with E-state index in [4.69, 9.17) is 9.47 Å². The first kappa shape index (κ1) is 18.2. The fourth-order valence-electron chi connectivity index (χ4n) is 3.18. The molecule has 140 valence electrons. The van der Waals surface area contributed by atoms with E-state index in [1.165, 1.54) is 7.11 Å². The lowest BCUT2D eigenvalue weighted by molar-refractivity contribution is -0.142. The lowest BCUT2D eigenvalue weighted by Gasteiger charge is -2.35. The molecule has 0 bridgehead atoms. The first-order chi connectivity index (χ1) is 12.6. The summed E-state index contributed by atoms with van der Waals surface area (Å²) >= 11 is 0. The molecule has 2 heterocycles. The zero-order valence-electron chi connectivity index (χ0n) is 14.8. The number of anilines is 1. The van der Waals surface area contributed by atoms with Crippen LogP contribution in [0.5, 0.6) is 0 Å². The SMILES string of the molecule is COC(=O)c1ccccc1NC(=O)N1CCN(C(=O)C2CCCO2)CC1. The Morgan fingerprint density at radius 1 is 1.12 bits per heavy atom. The number of urea groups is 1. The number of para-hydroxylation sites is 1. The molecular formula is C18H23N3O5. The van der Waals surface area contributed by atoms with Gasteiger partial charge in [-0.15, -0.1) is 0 Å². The minimum atomic E-state index is -0.507.